The van der Waals surface area contributed by atoms with Gasteiger partial charge in [-0.05, 0) is 19.1 Å². The molecule has 0 saturated carbocycles. The van der Waals surface area contributed by atoms with Crippen molar-refractivity contribution in [1.82, 2.24) is 25.1 Å². The maximum atomic E-state index is 11.6. The summed E-state index contributed by atoms with van der Waals surface area (Å²) >= 11 is 0. The smallest absolute Gasteiger partial charge is 0.290 e. The van der Waals surface area contributed by atoms with Crippen molar-refractivity contribution in [2.45, 2.75) is 6.92 Å². The first-order valence-corrected chi connectivity index (χ1v) is 5.12. The summed E-state index contributed by atoms with van der Waals surface area (Å²) in [7, 11) is 0. The molecule has 6 nitrogen and oxygen atoms in total. The van der Waals surface area contributed by atoms with E-state index in [0.29, 0.717) is 28.2 Å². The van der Waals surface area contributed by atoms with Crippen LogP contribution in [0.15, 0.2) is 29.2 Å². The predicted molar refractivity (Wildman–Crippen MR) is 62.5 cm³/mol. The summed E-state index contributed by atoms with van der Waals surface area (Å²) in [5, 5.41) is 6.28. The summed E-state index contributed by atoms with van der Waals surface area (Å²) in [5.41, 5.74) is 2.10. The minimum absolute atomic E-state index is 0.278. The zero-order valence-corrected chi connectivity index (χ0v) is 9.06. The van der Waals surface area contributed by atoms with Gasteiger partial charge in [0.25, 0.3) is 5.56 Å². The standard InChI is InChI=1S/C11H9N5O/c1-6-8-9(11(17)16-15-6)14-10(13-8)7-4-2-3-5-12-7/h2-5H,1H3,(H,13,14)(H,16,17). The highest BCUT2D eigenvalue weighted by molar-refractivity contribution is 5.79. The van der Waals surface area contributed by atoms with Crippen molar-refractivity contribution in [2.75, 3.05) is 0 Å². The molecule has 3 heterocycles. The van der Waals surface area contributed by atoms with Crippen LogP contribution < -0.4 is 5.56 Å². The number of imidazole rings is 1. The second-order valence-corrected chi connectivity index (χ2v) is 3.66. The van der Waals surface area contributed by atoms with Gasteiger partial charge in [0.2, 0.25) is 0 Å². The average Bonchev–Trinajstić information content (AvgIpc) is 2.81. The highest BCUT2D eigenvalue weighted by Crippen LogP contribution is 2.16. The number of aryl methyl sites for hydroxylation is 1. The van der Waals surface area contributed by atoms with Gasteiger partial charge in [0, 0.05) is 6.20 Å². The number of fused-ring (bicyclic) bond motifs is 1. The number of hydrogen-bond acceptors (Lipinski definition) is 4. The lowest BCUT2D eigenvalue weighted by Crippen LogP contribution is -2.09. The molecule has 0 unspecified atom stereocenters. The minimum atomic E-state index is -0.278. The summed E-state index contributed by atoms with van der Waals surface area (Å²) < 4.78 is 0. The SMILES string of the molecule is Cc1n[nH]c(=O)c2[nH]c(-c3ccccn3)nc12. The lowest BCUT2D eigenvalue weighted by molar-refractivity contribution is 0.965. The number of aromatic amines is 2. The van der Waals surface area contributed by atoms with E-state index in [-0.39, 0.29) is 5.56 Å². The van der Waals surface area contributed by atoms with Crippen LogP contribution in [0, 0.1) is 6.92 Å². The van der Waals surface area contributed by atoms with Crippen molar-refractivity contribution >= 4 is 11.0 Å². The molecule has 0 aliphatic heterocycles. The Morgan fingerprint density at radius 1 is 1.29 bits per heavy atom. The van der Waals surface area contributed by atoms with Gasteiger partial charge < -0.3 is 4.98 Å². The first-order valence-electron chi connectivity index (χ1n) is 5.12. The van der Waals surface area contributed by atoms with Crippen LogP contribution in [0.3, 0.4) is 0 Å². The molecule has 0 aromatic carbocycles. The van der Waals surface area contributed by atoms with E-state index in [1.54, 1.807) is 13.1 Å². The fourth-order valence-corrected chi connectivity index (χ4v) is 1.67. The topological polar surface area (TPSA) is 87.3 Å². The molecule has 3 aromatic rings. The van der Waals surface area contributed by atoms with Crippen molar-refractivity contribution in [3.8, 4) is 11.5 Å². The summed E-state index contributed by atoms with van der Waals surface area (Å²) in [5.74, 6) is 0.571. The van der Waals surface area contributed by atoms with Crippen molar-refractivity contribution < 1.29 is 0 Å². The van der Waals surface area contributed by atoms with Gasteiger partial charge in [-0.25, -0.2) is 10.1 Å². The van der Waals surface area contributed by atoms with Crippen LogP contribution >= 0.6 is 0 Å². The number of hydrogen-bond donors (Lipinski definition) is 2. The third-order valence-corrected chi connectivity index (χ3v) is 2.51. The third-order valence-electron chi connectivity index (χ3n) is 2.51. The summed E-state index contributed by atoms with van der Waals surface area (Å²) in [6, 6.07) is 5.52. The van der Waals surface area contributed by atoms with E-state index in [1.165, 1.54) is 0 Å². The monoisotopic (exact) mass is 227 g/mol. The maximum Gasteiger partial charge on any atom is 0.290 e. The molecule has 3 rings (SSSR count). The van der Waals surface area contributed by atoms with E-state index in [0.717, 1.165) is 0 Å². The van der Waals surface area contributed by atoms with E-state index in [4.69, 9.17) is 0 Å². The Balaban J connectivity index is 2.31. The summed E-state index contributed by atoms with van der Waals surface area (Å²) in [6.45, 7) is 1.79. The van der Waals surface area contributed by atoms with E-state index in [1.807, 2.05) is 18.2 Å². The molecular weight excluding hydrogens is 218 g/mol. The van der Waals surface area contributed by atoms with E-state index in [9.17, 15) is 4.79 Å². The van der Waals surface area contributed by atoms with Crippen molar-refractivity contribution in [1.29, 1.82) is 0 Å². The van der Waals surface area contributed by atoms with Crippen LogP contribution in [0.1, 0.15) is 5.69 Å². The minimum Gasteiger partial charge on any atom is -0.332 e. The zero-order valence-electron chi connectivity index (χ0n) is 9.06. The molecule has 0 atom stereocenters. The second-order valence-electron chi connectivity index (χ2n) is 3.66. The zero-order chi connectivity index (χ0) is 11.8. The molecule has 6 heteroatoms. The van der Waals surface area contributed by atoms with Crippen LogP contribution in [-0.2, 0) is 0 Å². The van der Waals surface area contributed by atoms with Crippen LogP contribution in [0.4, 0.5) is 0 Å². The molecule has 3 aromatic heterocycles. The second kappa shape index (κ2) is 3.51. The number of pyridine rings is 1. The Kier molecular flexibility index (Phi) is 2.01. The van der Waals surface area contributed by atoms with Gasteiger partial charge in [-0.15, -0.1) is 0 Å². The summed E-state index contributed by atoms with van der Waals surface area (Å²) in [4.78, 5) is 23.0. The van der Waals surface area contributed by atoms with E-state index < -0.39 is 0 Å². The average molecular weight is 227 g/mol. The van der Waals surface area contributed by atoms with Gasteiger partial charge in [-0.2, -0.15) is 5.10 Å². The fraction of sp³-hybridized carbons (Fsp3) is 0.0909. The normalized spacial score (nSPS) is 10.9. The number of H-pyrrole nitrogens is 2. The van der Waals surface area contributed by atoms with Crippen LogP contribution in [0.25, 0.3) is 22.6 Å². The van der Waals surface area contributed by atoms with E-state index >= 15 is 0 Å². The molecule has 0 bridgehead atoms. The lowest BCUT2D eigenvalue weighted by atomic mass is 10.3. The van der Waals surface area contributed by atoms with Gasteiger partial charge >= 0.3 is 0 Å². The fourth-order valence-electron chi connectivity index (χ4n) is 1.67. The van der Waals surface area contributed by atoms with Gasteiger partial charge in [0.05, 0.1) is 5.69 Å². The molecule has 2 N–H and O–H groups in total. The van der Waals surface area contributed by atoms with Gasteiger partial charge in [0.15, 0.2) is 5.82 Å². The Labute approximate surface area is 95.8 Å². The summed E-state index contributed by atoms with van der Waals surface area (Å²) in [6.07, 6.45) is 1.68. The molecule has 0 spiro atoms. The molecule has 17 heavy (non-hydrogen) atoms. The molecule has 0 fully saturated rings. The Hall–Kier alpha value is -2.50. The lowest BCUT2D eigenvalue weighted by Gasteiger charge is -1.92. The number of aromatic nitrogens is 5. The van der Waals surface area contributed by atoms with Crippen LogP contribution in [0.5, 0.6) is 0 Å². The highest BCUT2D eigenvalue weighted by atomic mass is 16.1. The van der Waals surface area contributed by atoms with Gasteiger partial charge in [0.1, 0.15) is 16.7 Å². The van der Waals surface area contributed by atoms with Crippen molar-refractivity contribution in [3.63, 3.8) is 0 Å². The molecular formula is C11H9N5O. The first-order chi connectivity index (χ1) is 8.25. The number of nitrogens with one attached hydrogen (secondary N) is 2. The number of rotatable bonds is 1. The van der Waals surface area contributed by atoms with Gasteiger partial charge in [-0.1, -0.05) is 6.07 Å². The highest BCUT2D eigenvalue weighted by Gasteiger charge is 2.11. The third kappa shape index (κ3) is 1.50. The Morgan fingerprint density at radius 3 is 2.88 bits per heavy atom. The van der Waals surface area contributed by atoms with Crippen molar-refractivity contribution in [3.05, 3.63) is 40.4 Å². The molecule has 84 valence electrons. The first kappa shape index (κ1) is 9.71. The predicted octanol–water partition coefficient (Wildman–Crippen LogP) is 1.02. The quantitative estimate of drug-likeness (QED) is 0.649. The van der Waals surface area contributed by atoms with E-state index in [2.05, 4.69) is 25.1 Å². The number of nitrogens with zero attached hydrogens (tertiary/aromatic N) is 3. The van der Waals surface area contributed by atoms with Gasteiger partial charge in [-0.3, -0.25) is 9.78 Å². The molecule has 0 amide bonds. The largest absolute Gasteiger partial charge is 0.332 e. The molecule has 0 radical (unpaired) electrons. The maximum absolute atomic E-state index is 11.6. The van der Waals surface area contributed by atoms with Crippen LogP contribution in [-0.4, -0.2) is 25.1 Å². The molecule has 0 saturated heterocycles. The molecule has 0 aliphatic rings. The van der Waals surface area contributed by atoms with Crippen molar-refractivity contribution in [2.24, 2.45) is 0 Å². The Morgan fingerprint density at radius 2 is 2.18 bits per heavy atom. The van der Waals surface area contributed by atoms with Crippen LogP contribution in [0.2, 0.25) is 0 Å². The Bertz CT molecular complexity index is 728. The molecule has 0 aliphatic carbocycles.